The molecular weight excluding hydrogens is 258 g/mol. The Balaban J connectivity index is 2.13. The van der Waals surface area contributed by atoms with E-state index in [1.807, 2.05) is 7.05 Å². The van der Waals surface area contributed by atoms with Crippen LogP contribution in [0.4, 0.5) is 5.82 Å². The molecule has 0 bridgehead atoms. The second-order valence-electron chi connectivity index (χ2n) is 6.01. The van der Waals surface area contributed by atoms with Gasteiger partial charge in [0, 0.05) is 23.9 Å². The Bertz CT molecular complexity index is 642. The van der Waals surface area contributed by atoms with Gasteiger partial charge in [0.2, 0.25) is 0 Å². The van der Waals surface area contributed by atoms with Crippen LogP contribution in [-0.2, 0) is 12.8 Å². The van der Waals surface area contributed by atoms with Crippen molar-refractivity contribution in [2.75, 3.05) is 12.4 Å². The largest absolute Gasteiger partial charge is 0.373 e. The molecule has 3 rings (SSSR count). The van der Waals surface area contributed by atoms with Crippen LogP contribution in [0.1, 0.15) is 41.6 Å². The lowest BCUT2D eigenvalue weighted by Crippen LogP contribution is -2.07. The summed E-state index contributed by atoms with van der Waals surface area (Å²) in [5.41, 5.74) is 6.20. The second-order valence-corrected chi connectivity index (χ2v) is 6.01. The molecule has 2 aromatic rings. The topological polar surface area (TPSA) is 37.8 Å². The van der Waals surface area contributed by atoms with E-state index in [2.05, 4.69) is 37.4 Å². The third-order valence-electron chi connectivity index (χ3n) is 4.15. The number of nitrogens with zero attached hydrogens (tertiary/aromatic N) is 2. The Morgan fingerprint density at radius 1 is 0.905 bits per heavy atom. The van der Waals surface area contributed by atoms with Gasteiger partial charge in [-0.05, 0) is 51.7 Å². The van der Waals surface area contributed by atoms with Gasteiger partial charge in [-0.25, -0.2) is 9.97 Å². The Labute approximate surface area is 126 Å². The fourth-order valence-corrected chi connectivity index (χ4v) is 3.21. The van der Waals surface area contributed by atoms with Crippen molar-refractivity contribution in [3.8, 4) is 11.4 Å². The van der Waals surface area contributed by atoms with Crippen LogP contribution in [0, 0.1) is 13.8 Å². The Morgan fingerprint density at radius 2 is 1.62 bits per heavy atom. The van der Waals surface area contributed by atoms with E-state index in [0.29, 0.717) is 0 Å². The molecule has 0 fully saturated rings. The maximum absolute atomic E-state index is 4.88. The predicted octanol–water partition coefficient (Wildman–Crippen LogP) is 4.07. The first-order chi connectivity index (χ1) is 10.2. The molecule has 1 aliphatic rings. The van der Waals surface area contributed by atoms with Gasteiger partial charge in [0.05, 0.1) is 0 Å². The molecule has 3 heteroatoms. The van der Waals surface area contributed by atoms with Crippen LogP contribution in [0.3, 0.4) is 0 Å². The van der Waals surface area contributed by atoms with Crippen molar-refractivity contribution in [1.82, 2.24) is 9.97 Å². The highest BCUT2D eigenvalue weighted by Gasteiger charge is 2.17. The van der Waals surface area contributed by atoms with E-state index in [-0.39, 0.29) is 0 Å². The fraction of sp³-hybridized carbons (Fsp3) is 0.444. The molecule has 0 atom stereocenters. The molecule has 0 amide bonds. The number of aryl methyl sites for hydroxylation is 3. The van der Waals surface area contributed by atoms with Crippen LogP contribution in [0.25, 0.3) is 11.4 Å². The van der Waals surface area contributed by atoms with Gasteiger partial charge in [-0.3, -0.25) is 0 Å². The molecule has 0 unspecified atom stereocenters. The van der Waals surface area contributed by atoms with Crippen molar-refractivity contribution in [3.63, 3.8) is 0 Å². The molecule has 0 saturated heterocycles. The second kappa shape index (κ2) is 5.84. The predicted molar refractivity (Wildman–Crippen MR) is 87.7 cm³/mol. The molecule has 0 aliphatic heterocycles. The van der Waals surface area contributed by atoms with Crippen LogP contribution < -0.4 is 5.32 Å². The number of nitrogens with one attached hydrogen (secondary N) is 1. The van der Waals surface area contributed by atoms with Crippen LogP contribution in [0.15, 0.2) is 18.2 Å². The molecular formula is C18H23N3. The lowest BCUT2D eigenvalue weighted by Gasteiger charge is -2.13. The summed E-state index contributed by atoms with van der Waals surface area (Å²) in [6.45, 7) is 4.25. The van der Waals surface area contributed by atoms with Crippen LogP contribution >= 0.6 is 0 Å². The summed E-state index contributed by atoms with van der Waals surface area (Å²) in [6, 6.07) is 6.53. The summed E-state index contributed by atoms with van der Waals surface area (Å²) in [5, 5.41) is 3.27. The van der Waals surface area contributed by atoms with Crippen molar-refractivity contribution < 1.29 is 0 Å². The smallest absolute Gasteiger partial charge is 0.161 e. The van der Waals surface area contributed by atoms with Gasteiger partial charge in [-0.15, -0.1) is 0 Å². The minimum Gasteiger partial charge on any atom is -0.373 e. The quantitative estimate of drug-likeness (QED) is 0.843. The summed E-state index contributed by atoms with van der Waals surface area (Å²) < 4.78 is 0. The fourth-order valence-electron chi connectivity index (χ4n) is 3.21. The maximum Gasteiger partial charge on any atom is 0.161 e. The van der Waals surface area contributed by atoms with E-state index in [4.69, 9.17) is 9.97 Å². The number of fused-ring (bicyclic) bond motifs is 1. The maximum atomic E-state index is 4.88. The van der Waals surface area contributed by atoms with Gasteiger partial charge in [0.25, 0.3) is 0 Å². The molecule has 0 spiro atoms. The van der Waals surface area contributed by atoms with Gasteiger partial charge in [0.15, 0.2) is 5.82 Å². The summed E-state index contributed by atoms with van der Waals surface area (Å²) in [7, 11) is 1.96. The molecule has 1 aromatic heterocycles. The molecule has 110 valence electrons. The SMILES string of the molecule is CNc1nc(-c2cc(C)cc(C)c2)nc2c1CCCCC2. The Hall–Kier alpha value is -1.90. The van der Waals surface area contributed by atoms with Crippen molar-refractivity contribution in [1.29, 1.82) is 0 Å². The number of aromatic nitrogens is 2. The van der Waals surface area contributed by atoms with Crippen molar-refractivity contribution >= 4 is 5.82 Å². The molecule has 1 heterocycles. The van der Waals surface area contributed by atoms with Crippen molar-refractivity contribution in [2.24, 2.45) is 0 Å². The minimum absolute atomic E-state index is 0.854. The van der Waals surface area contributed by atoms with Crippen molar-refractivity contribution in [3.05, 3.63) is 40.6 Å². The standard InChI is InChI=1S/C18H23N3/c1-12-9-13(2)11-14(10-12)17-20-16-8-6-4-5-7-15(16)18(19-3)21-17/h9-11H,4-8H2,1-3H3,(H,19,20,21). The highest BCUT2D eigenvalue weighted by molar-refractivity contribution is 5.61. The highest BCUT2D eigenvalue weighted by atomic mass is 15.0. The van der Waals surface area contributed by atoms with Gasteiger partial charge >= 0.3 is 0 Å². The number of rotatable bonds is 2. The zero-order valence-electron chi connectivity index (χ0n) is 13.2. The van der Waals surface area contributed by atoms with E-state index in [0.717, 1.165) is 30.0 Å². The summed E-state index contributed by atoms with van der Waals surface area (Å²) in [4.78, 5) is 9.66. The lowest BCUT2D eigenvalue weighted by atomic mass is 10.1. The molecule has 0 radical (unpaired) electrons. The highest BCUT2D eigenvalue weighted by Crippen LogP contribution is 2.28. The normalized spacial score (nSPS) is 14.4. The Morgan fingerprint density at radius 3 is 2.33 bits per heavy atom. The lowest BCUT2D eigenvalue weighted by molar-refractivity contribution is 0.709. The first-order valence-electron chi connectivity index (χ1n) is 7.83. The minimum atomic E-state index is 0.854. The molecule has 1 N–H and O–H groups in total. The van der Waals surface area contributed by atoms with Gasteiger partial charge in [0.1, 0.15) is 5.82 Å². The Kier molecular flexibility index (Phi) is 3.91. The van der Waals surface area contributed by atoms with Crippen LogP contribution in [-0.4, -0.2) is 17.0 Å². The molecule has 21 heavy (non-hydrogen) atoms. The van der Waals surface area contributed by atoms with Crippen molar-refractivity contribution in [2.45, 2.75) is 46.0 Å². The van der Waals surface area contributed by atoms with Crippen LogP contribution in [0.5, 0.6) is 0 Å². The third kappa shape index (κ3) is 2.92. The van der Waals surface area contributed by atoms with E-state index in [1.54, 1.807) is 0 Å². The molecule has 0 saturated carbocycles. The summed E-state index contributed by atoms with van der Waals surface area (Å²) >= 11 is 0. The van der Waals surface area contributed by atoms with E-state index < -0.39 is 0 Å². The average molecular weight is 281 g/mol. The van der Waals surface area contributed by atoms with Gasteiger partial charge in [-0.1, -0.05) is 23.6 Å². The first-order valence-corrected chi connectivity index (χ1v) is 7.83. The first kappa shape index (κ1) is 14.1. The zero-order valence-corrected chi connectivity index (χ0v) is 13.2. The number of hydrogen-bond acceptors (Lipinski definition) is 3. The van der Waals surface area contributed by atoms with Crippen LogP contribution in [0.2, 0.25) is 0 Å². The third-order valence-corrected chi connectivity index (χ3v) is 4.15. The van der Waals surface area contributed by atoms with E-state index >= 15 is 0 Å². The van der Waals surface area contributed by atoms with Gasteiger partial charge < -0.3 is 5.32 Å². The van der Waals surface area contributed by atoms with E-state index in [1.165, 1.54) is 41.6 Å². The molecule has 3 nitrogen and oxygen atoms in total. The summed E-state index contributed by atoms with van der Waals surface area (Å²) in [5.74, 6) is 1.86. The number of benzene rings is 1. The molecule has 1 aliphatic carbocycles. The zero-order chi connectivity index (χ0) is 14.8. The van der Waals surface area contributed by atoms with E-state index in [9.17, 15) is 0 Å². The number of anilines is 1. The summed E-state index contributed by atoms with van der Waals surface area (Å²) in [6.07, 6.45) is 5.94. The average Bonchev–Trinajstić information content (AvgIpc) is 2.70. The number of hydrogen-bond donors (Lipinski definition) is 1. The van der Waals surface area contributed by atoms with Gasteiger partial charge in [-0.2, -0.15) is 0 Å². The monoisotopic (exact) mass is 281 g/mol. The molecule has 1 aromatic carbocycles.